The molecule has 0 heterocycles. The molecule has 0 aliphatic heterocycles. The molecule has 0 saturated heterocycles. The van der Waals surface area contributed by atoms with Crippen LogP contribution in [0.5, 0.6) is 5.75 Å². The van der Waals surface area contributed by atoms with E-state index in [9.17, 15) is 10.1 Å². The number of nitrogens with one attached hydrogen (secondary N) is 1. The lowest BCUT2D eigenvalue weighted by molar-refractivity contribution is -0.386. The third kappa shape index (κ3) is 3.93. The van der Waals surface area contributed by atoms with Gasteiger partial charge in [-0.3, -0.25) is 15.5 Å². The Kier molecular flexibility index (Phi) is 5.10. The van der Waals surface area contributed by atoms with Crippen molar-refractivity contribution in [1.29, 1.82) is 5.41 Å². The normalized spacial score (nSPS) is 11.2. The van der Waals surface area contributed by atoms with Crippen LogP contribution in [0.15, 0.2) is 16.6 Å². The Hall–Kier alpha value is -1.63. The first-order valence-corrected chi connectivity index (χ1v) is 6.86. The topological polar surface area (TPSA) is 102 Å². The fourth-order valence-corrected chi connectivity index (χ4v) is 2.14. The van der Waals surface area contributed by atoms with Gasteiger partial charge in [0.25, 0.3) is 0 Å². The van der Waals surface area contributed by atoms with E-state index >= 15 is 0 Å². The van der Waals surface area contributed by atoms with Gasteiger partial charge in [0.15, 0.2) is 5.75 Å². The van der Waals surface area contributed by atoms with Crippen molar-refractivity contribution in [3.05, 3.63) is 32.3 Å². The summed E-state index contributed by atoms with van der Waals surface area (Å²) in [5.41, 5.74) is 5.62. The van der Waals surface area contributed by atoms with Crippen LogP contribution in [-0.2, 0) is 0 Å². The van der Waals surface area contributed by atoms with Crippen LogP contribution in [0, 0.1) is 27.9 Å². The van der Waals surface area contributed by atoms with Crippen LogP contribution < -0.4 is 10.5 Å². The van der Waals surface area contributed by atoms with Gasteiger partial charge in [-0.15, -0.1) is 0 Å². The van der Waals surface area contributed by atoms with Crippen molar-refractivity contribution < 1.29 is 9.66 Å². The van der Waals surface area contributed by atoms with Crippen molar-refractivity contribution in [2.24, 2.45) is 11.1 Å². The van der Waals surface area contributed by atoms with Crippen LogP contribution in [0.25, 0.3) is 0 Å². The summed E-state index contributed by atoms with van der Waals surface area (Å²) in [6.07, 6.45) is 0.509. The molecule has 0 aliphatic rings. The summed E-state index contributed by atoms with van der Waals surface area (Å²) in [6.45, 7) is 5.68. The van der Waals surface area contributed by atoms with Crippen LogP contribution in [0.1, 0.15) is 25.8 Å². The average Bonchev–Trinajstić information content (AvgIpc) is 2.30. The number of nitrogens with zero attached hydrogens (tertiary/aromatic N) is 1. The van der Waals surface area contributed by atoms with E-state index in [2.05, 4.69) is 15.9 Å². The molecule has 1 rings (SSSR count). The number of aryl methyl sites for hydroxylation is 1. The smallest absolute Gasteiger partial charge is 0.312 e. The highest BCUT2D eigenvalue weighted by Gasteiger charge is 2.23. The maximum absolute atomic E-state index is 11.0. The van der Waals surface area contributed by atoms with Gasteiger partial charge in [0.1, 0.15) is 0 Å². The maximum atomic E-state index is 11.0. The first-order chi connectivity index (χ1) is 9.15. The van der Waals surface area contributed by atoms with Crippen molar-refractivity contribution >= 4 is 27.5 Å². The van der Waals surface area contributed by atoms with Gasteiger partial charge in [0, 0.05) is 16.0 Å². The highest BCUT2D eigenvalue weighted by molar-refractivity contribution is 9.10. The number of nitrogens with two attached hydrogens (primary N) is 1. The van der Waals surface area contributed by atoms with E-state index in [0.717, 1.165) is 0 Å². The predicted molar refractivity (Wildman–Crippen MR) is 81.3 cm³/mol. The number of amidine groups is 1. The Morgan fingerprint density at radius 3 is 2.65 bits per heavy atom. The summed E-state index contributed by atoms with van der Waals surface area (Å²) in [4.78, 5) is 10.6. The first-order valence-electron chi connectivity index (χ1n) is 6.07. The standard InChI is InChI=1S/C13H18BrN3O3/c1-8-6-9(14)7-10(17(18)19)11(8)20-5-4-13(2,3)12(15)16/h6-7H,4-5H2,1-3H3,(H3,15,16). The molecule has 0 fully saturated rings. The monoisotopic (exact) mass is 343 g/mol. The van der Waals surface area contributed by atoms with E-state index in [1.54, 1.807) is 13.0 Å². The van der Waals surface area contributed by atoms with Crippen molar-refractivity contribution in [3.63, 3.8) is 0 Å². The third-order valence-corrected chi connectivity index (χ3v) is 3.58. The van der Waals surface area contributed by atoms with Crippen molar-refractivity contribution in [1.82, 2.24) is 0 Å². The van der Waals surface area contributed by atoms with Gasteiger partial charge >= 0.3 is 5.69 Å². The number of halogens is 1. The molecule has 20 heavy (non-hydrogen) atoms. The molecule has 0 aromatic heterocycles. The number of hydrogen-bond donors (Lipinski definition) is 2. The fraction of sp³-hybridized carbons (Fsp3) is 0.462. The number of nitro groups is 1. The summed E-state index contributed by atoms with van der Waals surface area (Å²) < 4.78 is 6.19. The van der Waals surface area contributed by atoms with Crippen LogP contribution in [0.3, 0.4) is 0 Å². The van der Waals surface area contributed by atoms with Gasteiger partial charge < -0.3 is 10.5 Å². The lowest BCUT2D eigenvalue weighted by Crippen LogP contribution is -2.32. The molecule has 0 spiro atoms. The second kappa shape index (κ2) is 6.21. The molecule has 0 radical (unpaired) electrons. The zero-order valence-electron chi connectivity index (χ0n) is 11.7. The van der Waals surface area contributed by atoms with E-state index in [1.807, 2.05) is 13.8 Å². The Morgan fingerprint density at radius 1 is 1.55 bits per heavy atom. The molecule has 6 nitrogen and oxygen atoms in total. The van der Waals surface area contributed by atoms with Crippen molar-refractivity contribution in [2.75, 3.05) is 6.61 Å². The van der Waals surface area contributed by atoms with Crippen LogP contribution in [0.2, 0.25) is 0 Å². The molecular weight excluding hydrogens is 326 g/mol. The van der Waals surface area contributed by atoms with Gasteiger partial charge in [0.05, 0.1) is 17.4 Å². The number of hydrogen-bond acceptors (Lipinski definition) is 4. The minimum absolute atomic E-state index is 0.0718. The van der Waals surface area contributed by atoms with Crippen LogP contribution in [0.4, 0.5) is 5.69 Å². The predicted octanol–water partition coefficient (Wildman–Crippen LogP) is 3.40. The van der Waals surface area contributed by atoms with Gasteiger partial charge in [-0.2, -0.15) is 0 Å². The highest BCUT2D eigenvalue weighted by atomic mass is 79.9. The molecule has 0 saturated carbocycles. The molecule has 110 valence electrons. The Labute approximate surface area is 126 Å². The Morgan fingerprint density at radius 2 is 2.15 bits per heavy atom. The van der Waals surface area contributed by atoms with Gasteiger partial charge in [-0.1, -0.05) is 29.8 Å². The Balaban J connectivity index is 2.88. The molecule has 1 aromatic carbocycles. The number of rotatable bonds is 6. The number of nitro benzene ring substituents is 1. The number of ether oxygens (including phenoxy) is 1. The van der Waals surface area contributed by atoms with E-state index in [0.29, 0.717) is 16.5 Å². The minimum Gasteiger partial charge on any atom is -0.487 e. The molecule has 0 bridgehead atoms. The molecule has 0 aliphatic carbocycles. The number of benzene rings is 1. The summed E-state index contributed by atoms with van der Waals surface area (Å²) in [5.74, 6) is 0.334. The second-order valence-corrected chi connectivity index (χ2v) is 6.14. The van der Waals surface area contributed by atoms with Gasteiger partial charge in [0.2, 0.25) is 0 Å². The van der Waals surface area contributed by atoms with E-state index in [-0.39, 0.29) is 23.9 Å². The quantitative estimate of drug-likeness (QED) is 0.357. The average molecular weight is 344 g/mol. The molecular formula is C13H18BrN3O3. The zero-order chi connectivity index (χ0) is 15.5. The lowest BCUT2D eigenvalue weighted by Gasteiger charge is -2.22. The first kappa shape index (κ1) is 16.4. The van der Waals surface area contributed by atoms with Gasteiger partial charge in [-0.05, 0) is 25.0 Å². The maximum Gasteiger partial charge on any atom is 0.312 e. The van der Waals surface area contributed by atoms with E-state index in [1.165, 1.54) is 6.07 Å². The van der Waals surface area contributed by atoms with E-state index < -0.39 is 10.3 Å². The largest absolute Gasteiger partial charge is 0.487 e. The highest BCUT2D eigenvalue weighted by Crippen LogP contribution is 2.34. The molecule has 0 atom stereocenters. The molecule has 1 aromatic rings. The van der Waals surface area contributed by atoms with Crippen LogP contribution in [-0.4, -0.2) is 17.4 Å². The second-order valence-electron chi connectivity index (χ2n) is 5.22. The summed E-state index contributed by atoms with van der Waals surface area (Å²) in [5, 5.41) is 18.5. The van der Waals surface area contributed by atoms with E-state index in [4.69, 9.17) is 15.9 Å². The van der Waals surface area contributed by atoms with Gasteiger partial charge in [-0.25, -0.2) is 0 Å². The summed E-state index contributed by atoms with van der Waals surface area (Å²) >= 11 is 3.23. The SMILES string of the molecule is Cc1cc(Br)cc([N+](=O)[O-])c1OCCC(C)(C)C(=N)N. The molecule has 7 heteroatoms. The van der Waals surface area contributed by atoms with Crippen molar-refractivity contribution in [2.45, 2.75) is 27.2 Å². The molecule has 0 unspecified atom stereocenters. The summed E-state index contributed by atoms with van der Waals surface area (Å²) in [7, 11) is 0. The fourth-order valence-electron chi connectivity index (χ4n) is 1.58. The van der Waals surface area contributed by atoms with Crippen LogP contribution >= 0.6 is 15.9 Å². The third-order valence-electron chi connectivity index (χ3n) is 3.12. The minimum atomic E-state index is -0.488. The zero-order valence-corrected chi connectivity index (χ0v) is 13.3. The summed E-state index contributed by atoms with van der Waals surface area (Å²) in [6, 6.07) is 3.18. The van der Waals surface area contributed by atoms with Crippen molar-refractivity contribution in [3.8, 4) is 5.75 Å². The molecule has 0 amide bonds. The lowest BCUT2D eigenvalue weighted by atomic mass is 9.88. The Bertz CT molecular complexity index is 544. The molecule has 3 N–H and O–H groups in total.